The van der Waals surface area contributed by atoms with Gasteiger partial charge in [-0.1, -0.05) is 13.8 Å². The van der Waals surface area contributed by atoms with E-state index in [-0.39, 0.29) is 11.8 Å². The van der Waals surface area contributed by atoms with E-state index < -0.39 is 27.1 Å². The molecule has 0 saturated carbocycles. The second kappa shape index (κ2) is 6.25. The van der Waals surface area contributed by atoms with Crippen LogP contribution in [0, 0.1) is 5.92 Å². The van der Waals surface area contributed by atoms with Gasteiger partial charge in [0.1, 0.15) is 5.37 Å². The quantitative estimate of drug-likeness (QED) is 0.812. The molecule has 1 fully saturated rings. The van der Waals surface area contributed by atoms with Crippen LogP contribution in [-0.2, 0) is 14.6 Å². The van der Waals surface area contributed by atoms with E-state index in [9.17, 15) is 13.2 Å². The van der Waals surface area contributed by atoms with Gasteiger partial charge in [-0.15, -0.1) is 0 Å². The molecule has 5 nitrogen and oxygen atoms in total. The fourth-order valence-corrected chi connectivity index (χ4v) is 5.17. The lowest BCUT2D eigenvalue weighted by Crippen LogP contribution is -2.54. The molecule has 1 N–H and O–H groups in total. The molecule has 18 heavy (non-hydrogen) atoms. The molecule has 0 radical (unpaired) electrons. The minimum absolute atomic E-state index is 0.100. The molecule has 0 aromatic carbocycles. The van der Waals surface area contributed by atoms with Crippen LogP contribution in [0.2, 0.25) is 0 Å². The normalized spacial score (nSPS) is 25.6. The number of carboxylic acid groups (broad SMARTS) is 1. The Bertz CT molecular complexity index is 396. The Hall–Kier alpha value is -0.270. The number of rotatable bonds is 5. The van der Waals surface area contributed by atoms with Crippen LogP contribution in [0.15, 0.2) is 0 Å². The van der Waals surface area contributed by atoms with Crippen LogP contribution < -0.4 is 0 Å². The lowest BCUT2D eigenvalue weighted by Gasteiger charge is -2.40. The van der Waals surface area contributed by atoms with Gasteiger partial charge in [0.2, 0.25) is 0 Å². The number of aliphatic carboxylic acids is 1. The molecule has 1 aliphatic heterocycles. The summed E-state index contributed by atoms with van der Waals surface area (Å²) in [5.41, 5.74) is 0. The Morgan fingerprint density at radius 1 is 1.50 bits per heavy atom. The fourth-order valence-electron chi connectivity index (χ4n) is 2.06. The molecular formula is C11H21NO4S2. The maximum atomic E-state index is 12.1. The highest BCUT2D eigenvalue weighted by molar-refractivity contribution is 8.01. The zero-order chi connectivity index (χ0) is 13.9. The van der Waals surface area contributed by atoms with Crippen molar-refractivity contribution in [3.05, 3.63) is 0 Å². The zero-order valence-corrected chi connectivity index (χ0v) is 12.6. The average Bonchev–Trinajstić information content (AvgIpc) is 2.36. The molecule has 106 valence electrons. The van der Waals surface area contributed by atoms with Crippen LogP contribution in [0.3, 0.4) is 0 Å². The van der Waals surface area contributed by atoms with E-state index >= 15 is 0 Å². The fraction of sp³-hybridized carbons (Fsp3) is 0.909. The SMILES string of the molecule is CCS(=O)(=O)C1CSCCN1C(C)C(C)C(=O)O. The average molecular weight is 295 g/mol. The van der Waals surface area contributed by atoms with Crippen molar-refractivity contribution < 1.29 is 18.3 Å². The summed E-state index contributed by atoms with van der Waals surface area (Å²) < 4.78 is 24.1. The van der Waals surface area contributed by atoms with Crippen molar-refractivity contribution in [1.29, 1.82) is 0 Å². The van der Waals surface area contributed by atoms with E-state index in [0.29, 0.717) is 12.3 Å². The van der Waals surface area contributed by atoms with E-state index in [2.05, 4.69) is 0 Å². The summed E-state index contributed by atoms with van der Waals surface area (Å²) in [7, 11) is -3.16. The van der Waals surface area contributed by atoms with Gasteiger partial charge in [0.25, 0.3) is 0 Å². The molecule has 1 rings (SSSR count). The molecule has 0 aromatic rings. The molecule has 1 aliphatic rings. The summed E-state index contributed by atoms with van der Waals surface area (Å²) in [4.78, 5) is 12.9. The Morgan fingerprint density at radius 3 is 2.61 bits per heavy atom. The van der Waals surface area contributed by atoms with E-state index in [1.165, 1.54) is 0 Å². The second-order valence-electron chi connectivity index (χ2n) is 4.59. The Kier molecular flexibility index (Phi) is 5.48. The summed E-state index contributed by atoms with van der Waals surface area (Å²) in [6.45, 7) is 5.70. The molecule has 3 atom stereocenters. The van der Waals surface area contributed by atoms with Gasteiger partial charge in [0.15, 0.2) is 9.84 Å². The zero-order valence-electron chi connectivity index (χ0n) is 11.0. The van der Waals surface area contributed by atoms with Crippen LogP contribution in [0.25, 0.3) is 0 Å². The Balaban J connectivity index is 2.93. The number of carboxylic acids is 1. The van der Waals surface area contributed by atoms with Gasteiger partial charge in [0, 0.05) is 29.8 Å². The van der Waals surface area contributed by atoms with Crippen LogP contribution in [-0.4, -0.2) is 59.6 Å². The number of hydrogen-bond donors (Lipinski definition) is 1. The van der Waals surface area contributed by atoms with Gasteiger partial charge in [-0.2, -0.15) is 11.8 Å². The topological polar surface area (TPSA) is 74.7 Å². The third-order valence-corrected chi connectivity index (χ3v) is 6.88. The predicted molar refractivity (Wildman–Crippen MR) is 73.5 cm³/mol. The van der Waals surface area contributed by atoms with Gasteiger partial charge in [0.05, 0.1) is 5.92 Å². The highest BCUT2D eigenvalue weighted by Crippen LogP contribution is 2.26. The lowest BCUT2D eigenvalue weighted by atomic mass is 10.0. The van der Waals surface area contributed by atoms with Gasteiger partial charge in [-0.05, 0) is 6.92 Å². The molecular weight excluding hydrogens is 274 g/mol. The smallest absolute Gasteiger partial charge is 0.307 e. The van der Waals surface area contributed by atoms with Crippen molar-refractivity contribution in [3.63, 3.8) is 0 Å². The number of thioether (sulfide) groups is 1. The van der Waals surface area contributed by atoms with E-state index in [1.807, 2.05) is 4.90 Å². The summed E-state index contributed by atoms with van der Waals surface area (Å²) in [6.07, 6.45) is 0. The van der Waals surface area contributed by atoms with Gasteiger partial charge in [-0.3, -0.25) is 9.69 Å². The molecule has 7 heteroatoms. The van der Waals surface area contributed by atoms with Crippen molar-refractivity contribution in [1.82, 2.24) is 4.90 Å². The molecule has 0 aromatic heterocycles. The molecule has 0 spiro atoms. The number of hydrogen-bond acceptors (Lipinski definition) is 5. The van der Waals surface area contributed by atoms with Crippen molar-refractivity contribution >= 4 is 27.6 Å². The van der Waals surface area contributed by atoms with Gasteiger partial charge < -0.3 is 5.11 Å². The summed E-state index contributed by atoms with van der Waals surface area (Å²) in [5, 5.41) is 8.50. The Morgan fingerprint density at radius 2 is 2.11 bits per heavy atom. The minimum atomic E-state index is -3.16. The third-order valence-electron chi connectivity index (χ3n) is 3.58. The maximum absolute atomic E-state index is 12.1. The van der Waals surface area contributed by atoms with E-state index in [4.69, 9.17) is 5.11 Å². The van der Waals surface area contributed by atoms with Crippen molar-refractivity contribution in [2.24, 2.45) is 5.92 Å². The summed E-state index contributed by atoms with van der Waals surface area (Å²) >= 11 is 1.62. The van der Waals surface area contributed by atoms with Crippen LogP contribution in [0.1, 0.15) is 20.8 Å². The van der Waals surface area contributed by atoms with Crippen molar-refractivity contribution in [2.45, 2.75) is 32.2 Å². The number of nitrogens with zero attached hydrogens (tertiary/aromatic N) is 1. The monoisotopic (exact) mass is 295 g/mol. The largest absolute Gasteiger partial charge is 0.481 e. The summed E-state index contributed by atoms with van der Waals surface area (Å²) in [6, 6.07) is -0.269. The first-order chi connectivity index (χ1) is 8.31. The first-order valence-corrected chi connectivity index (χ1v) is 8.96. The van der Waals surface area contributed by atoms with Crippen LogP contribution >= 0.6 is 11.8 Å². The number of sulfone groups is 1. The van der Waals surface area contributed by atoms with Crippen LogP contribution in [0.5, 0.6) is 0 Å². The third kappa shape index (κ3) is 3.39. The van der Waals surface area contributed by atoms with E-state index in [0.717, 1.165) is 5.75 Å². The molecule has 0 aliphatic carbocycles. The standard InChI is InChI=1S/C11H21NO4S2/c1-4-18(15,16)10-7-17-6-5-12(10)9(3)8(2)11(13)14/h8-10H,4-7H2,1-3H3,(H,13,14). The summed E-state index contributed by atoms with van der Waals surface area (Å²) in [5.74, 6) is 0.0401. The molecule has 0 bridgehead atoms. The number of carbonyl (C=O) groups is 1. The highest BCUT2D eigenvalue weighted by Gasteiger charge is 2.38. The van der Waals surface area contributed by atoms with E-state index in [1.54, 1.807) is 32.5 Å². The second-order valence-corrected chi connectivity index (χ2v) is 8.18. The molecule has 3 unspecified atom stereocenters. The molecule has 0 amide bonds. The molecule has 1 heterocycles. The first-order valence-electron chi connectivity index (χ1n) is 6.09. The first kappa shape index (κ1) is 15.8. The van der Waals surface area contributed by atoms with Crippen LogP contribution in [0.4, 0.5) is 0 Å². The lowest BCUT2D eigenvalue weighted by molar-refractivity contribution is -0.143. The Labute approximate surface area is 113 Å². The van der Waals surface area contributed by atoms with Crippen molar-refractivity contribution in [3.8, 4) is 0 Å². The molecule has 1 saturated heterocycles. The van der Waals surface area contributed by atoms with Gasteiger partial charge >= 0.3 is 5.97 Å². The minimum Gasteiger partial charge on any atom is -0.481 e. The van der Waals surface area contributed by atoms with Gasteiger partial charge in [-0.25, -0.2) is 8.42 Å². The van der Waals surface area contributed by atoms with Crippen molar-refractivity contribution in [2.75, 3.05) is 23.8 Å². The predicted octanol–water partition coefficient (Wildman–Crippen LogP) is 0.905. The maximum Gasteiger partial charge on any atom is 0.307 e. The highest BCUT2D eigenvalue weighted by atomic mass is 32.2.